The van der Waals surface area contributed by atoms with Crippen LogP contribution in [0.5, 0.6) is 0 Å². The molecule has 3 aliphatic rings. The van der Waals surface area contributed by atoms with Gasteiger partial charge in [0.2, 0.25) is 5.91 Å². The van der Waals surface area contributed by atoms with Crippen molar-refractivity contribution in [2.24, 2.45) is 17.8 Å². The molecule has 92 valence electrons. The Morgan fingerprint density at radius 1 is 1.12 bits per heavy atom. The van der Waals surface area contributed by atoms with Gasteiger partial charge in [0.05, 0.1) is 0 Å². The molecule has 0 aromatic carbocycles. The Balaban J connectivity index is 0.000000963. The van der Waals surface area contributed by atoms with Crippen LogP contribution in [0.4, 0.5) is 0 Å². The molecule has 2 saturated carbocycles. The fourth-order valence-electron chi connectivity index (χ4n) is 3.48. The quantitative estimate of drug-likeness (QED) is 0.770. The first-order valence-corrected chi connectivity index (χ1v) is 6.37. The first-order valence-electron chi connectivity index (χ1n) is 6.37. The SMILES string of the molecule is Cl.O=C(NC1CCCNC1)C1C2CCCC21. The summed E-state index contributed by atoms with van der Waals surface area (Å²) in [5, 5.41) is 6.54. The topological polar surface area (TPSA) is 41.1 Å². The van der Waals surface area contributed by atoms with E-state index in [1.807, 2.05) is 0 Å². The fraction of sp³-hybridized carbons (Fsp3) is 0.917. The Morgan fingerprint density at radius 2 is 1.88 bits per heavy atom. The second-order valence-electron chi connectivity index (χ2n) is 5.34. The summed E-state index contributed by atoms with van der Waals surface area (Å²) < 4.78 is 0. The molecular formula is C12H21ClN2O. The van der Waals surface area contributed by atoms with Gasteiger partial charge in [0.25, 0.3) is 0 Å². The molecular weight excluding hydrogens is 224 g/mol. The van der Waals surface area contributed by atoms with E-state index in [0.29, 0.717) is 17.9 Å². The van der Waals surface area contributed by atoms with E-state index < -0.39 is 0 Å². The van der Waals surface area contributed by atoms with Gasteiger partial charge in [0.15, 0.2) is 0 Å². The van der Waals surface area contributed by atoms with Crippen LogP contribution in [0.3, 0.4) is 0 Å². The maximum atomic E-state index is 11.9. The number of nitrogens with one attached hydrogen (secondary N) is 2. The second-order valence-corrected chi connectivity index (χ2v) is 5.34. The molecule has 0 aromatic heterocycles. The molecule has 0 radical (unpaired) electrons. The minimum absolute atomic E-state index is 0. The summed E-state index contributed by atoms with van der Waals surface area (Å²) in [7, 11) is 0. The van der Waals surface area contributed by atoms with Crippen LogP contribution >= 0.6 is 12.4 Å². The standard InChI is InChI=1S/C12H20N2O.ClH/c15-12(11-9-4-1-5-10(9)11)14-8-3-2-6-13-7-8;/h8-11,13H,1-7H2,(H,14,15);1H. The number of halogens is 1. The Morgan fingerprint density at radius 3 is 2.50 bits per heavy atom. The van der Waals surface area contributed by atoms with E-state index >= 15 is 0 Å². The predicted molar refractivity (Wildman–Crippen MR) is 65.6 cm³/mol. The maximum absolute atomic E-state index is 11.9. The second kappa shape index (κ2) is 4.92. The highest BCUT2D eigenvalue weighted by atomic mass is 35.5. The first-order chi connectivity index (χ1) is 7.36. The minimum atomic E-state index is 0. The lowest BCUT2D eigenvalue weighted by atomic mass is 10.1. The Hall–Kier alpha value is -0.280. The van der Waals surface area contributed by atoms with Gasteiger partial charge in [0, 0.05) is 18.5 Å². The van der Waals surface area contributed by atoms with Gasteiger partial charge in [-0.05, 0) is 44.1 Å². The molecule has 1 saturated heterocycles. The third kappa shape index (κ3) is 2.21. The average Bonchev–Trinajstić information content (AvgIpc) is 2.75. The molecule has 1 heterocycles. The maximum Gasteiger partial charge on any atom is 0.223 e. The highest BCUT2D eigenvalue weighted by Crippen LogP contribution is 2.57. The first kappa shape index (κ1) is 12.2. The van der Waals surface area contributed by atoms with Crippen LogP contribution in [0.25, 0.3) is 0 Å². The molecule has 2 N–H and O–H groups in total. The van der Waals surface area contributed by atoms with Crippen LogP contribution in [-0.2, 0) is 4.79 Å². The number of amides is 1. The normalized spacial score (nSPS) is 40.8. The summed E-state index contributed by atoms with van der Waals surface area (Å²) in [6.45, 7) is 2.08. The summed E-state index contributed by atoms with van der Waals surface area (Å²) in [6, 6.07) is 0.396. The number of piperidine rings is 1. The predicted octanol–water partition coefficient (Wildman–Crippen LogP) is 1.32. The van der Waals surface area contributed by atoms with Crippen LogP contribution in [0, 0.1) is 17.8 Å². The summed E-state index contributed by atoms with van der Waals surface area (Å²) in [4.78, 5) is 11.9. The lowest BCUT2D eigenvalue weighted by Crippen LogP contribution is -2.46. The van der Waals surface area contributed by atoms with Crippen LogP contribution < -0.4 is 10.6 Å². The van der Waals surface area contributed by atoms with Crippen LogP contribution in [0.2, 0.25) is 0 Å². The van der Waals surface area contributed by atoms with E-state index in [2.05, 4.69) is 10.6 Å². The molecule has 3 nitrogen and oxygen atoms in total. The molecule has 16 heavy (non-hydrogen) atoms. The van der Waals surface area contributed by atoms with Crippen molar-refractivity contribution in [3.63, 3.8) is 0 Å². The molecule has 1 amide bonds. The van der Waals surface area contributed by atoms with Crippen molar-refractivity contribution >= 4 is 18.3 Å². The summed E-state index contributed by atoms with van der Waals surface area (Å²) >= 11 is 0. The van der Waals surface area contributed by atoms with E-state index in [0.717, 1.165) is 31.3 Å². The van der Waals surface area contributed by atoms with Crippen molar-refractivity contribution in [1.82, 2.24) is 10.6 Å². The molecule has 3 unspecified atom stereocenters. The van der Waals surface area contributed by atoms with Gasteiger partial charge in [-0.1, -0.05) is 6.42 Å². The van der Waals surface area contributed by atoms with Gasteiger partial charge >= 0.3 is 0 Å². The largest absolute Gasteiger partial charge is 0.352 e. The number of rotatable bonds is 2. The van der Waals surface area contributed by atoms with Crippen molar-refractivity contribution in [2.75, 3.05) is 13.1 Å². The van der Waals surface area contributed by atoms with Gasteiger partial charge in [-0.3, -0.25) is 4.79 Å². The third-order valence-electron chi connectivity index (χ3n) is 4.35. The number of carbonyl (C=O) groups excluding carboxylic acids is 1. The van der Waals surface area contributed by atoms with Crippen molar-refractivity contribution in [3.8, 4) is 0 Å². The molecule has 3 atom stereocenters. The summed E-state index contributed by atoms with van der Waals surface area (Å²) in [5.41, 5.74) is 0. The zero-order chi connectivity index (χ0) is 10.3. The molecule has 3 fully saturated rings. The molecule has 2 aliphatic carbocycles. The van der Waals surface area contributed by atoms with E-state index in [1.165, 1.54) is 25.7 Å². The number of fused-ring (bicyclic) bond motifs is 1. The average molecular weight is 245 g/mol. The highest BCUT2D eigenvalue weighted by Gasteiger charge is 2.56. The zero-order valence-corrected chi connectivity index (χ0v) is 10.4. The molecule has 0 spiro atoms. The fourth-order valence-corrected chi connectivity index (χ4v) is 3.48. The Bertz CT molecular complexity index is 256. The van der Waals surface area contributed by atoms with Crippen molar-refractivity contribution < 1.29 is 4.79 Å². The smallest absolute Gasteiger partial charge is 0.223 e. The van der Waals surface area contributed by atoms with Gasteiger partial charge in [0.1, 0.15) is 0 Å². The van der Waals surface area contributed by atoms with Crippen molar-refractivity contribution in [2.45, 2.75) is 38.1 Å². The van der Waals surface area contributed by atoms with Crippen LogP contribution in [0.1, 0.15) is 32.1 Å². The van der Waals surface area contributed by atoms with Gasteiger partial charge in [-0.2, -0.15) is 0 Å². The van der Waals surface area contributed by atoms with Gasteiger partial charge < -0.3 is 10.6 Å². The van der Waals surface area contributed by atoms with Crippen molar-refractivity contribution in [1.29, 1.82) is 0 Å². The van der Waals surface area contributed by atoms with Crippen LogP contribution in [-0.4, -0.2) is 25.0 Å². The lowest BCUT2D eigenvalue weighted by Gasteiger charge is -2.24. The molecule has 1 aliphatic heterocycles. The van der Waals surface area contributed by atoms with E-state index in [9.17, 15) is 4.79 Å². The van der Waals surface area contributed by atoms with Gasteiger partial charge in [-0.15, -0.1) is 12.4 Å². The van der Waals surface area contributed by atoms with Gasteiger partial charge in [-0.25, -0.2) is 0 Å². The van der Waals surface area contributed by atoms with Crippen LogP contribution in [0.15, 0.2) is 0 Å². The number of carbonyl (C=O) groups is 1. The monoisotopic (exact) mass is 244 g/mol. The van der Waals surface area contributed by atoms with Crippen molar-refractivity contribution in [3.05, 3.63) is 0 Å². The summed E-state index contributed by atoms with van der Waals surface area (Å²) in [5.74, 6) is 2.24. The number of hydrogen-bond acceptors (Lipinski definition) is 2. The molecule has 4 heteroatoms. The minimum Gasteiger partial charge on any atom is -0.352 e. The Kier molecular flexibility index (Phi) is 3.75. The van der Waals surface area contributed by atoms with E-state index in [-0.39, 0.29) is 12.4 Å². The molecule has 0 aromatic rings. The highest BCUT2D eigenvalue weighted by molar-refractivity contribution is 5.85. The zero-order valence-electron chi connectivity index (χ0n) is 9.58. The Labute approximate surface area is 103 Å². The molecule has 0 bridgehead atoms. The number of hydrogen-bond donors (Lipinski definition) is 2. The summed E-state index contributed by atoms with van der Waals surface area (Å²) in [6.07, 6.45) is 6.30. The van der Waals surface area contributed by atoms with E-state index in [1.54, 1.807) is 0 Å². The lowest BCUT2D eigenvalue weighted by molar-refractivity contribution is -0.123. The molecule has 3 rings (SSSR count). The van der Waals surface area contributed by atoms with E-state index in [4.69, 9.17) is 0 Å². The third-order valence-corrected chi connectivity index (χ3v) is 4.35.